The first-order valence-corrected chi connectivity index (χ1v) is 12.6. The van der Waals surface area contributed by atoms with Crippen molar-refractivity contribution in [3.8, 4) is 0 Å². The van der Waals surface area contributed by atoms with Gasteiger partial charge in [-0.1, -0.05) is 53.2 Å². The van der Waals surface area contributed by atoms with Crippen LogP contribution in [0.3, 0.4) is 0 Å². The molecule has 0 radical (unpaired) electrons. The van der Waals surface area contributed by atoms with Crippen molar-refractivity contribution in [1.29, 1.82) is 0 Å². The zero-order valence-electron chi connectivity index (χ0n) is 19.3. The van der Waals surface area contributed by atoms with Gasteiger partial charge in [-0.15, -0.1) is 0 Å². The van der Waals surface area contributed by atoms with Gasteiger partial charge in [-0.05, 0) is 110 Å². The van der Waals surface area contributed by atoms with Gasteiger partial charge in [0.25, 0.3) is 0 Å². The van der Waals surface area contributed by atoms with Gasteiger partial charge in [0.1, 0.15) is 0 Å². The van der Waals surface area contributed by atoms with Crippen LogP contribution in [0.5, 0.6) is 0 Å². The molecule has 0 heterocycles. The number of hydrogen-bond acceptors (Lipinski definition) is 1. The van der Waals surface area contributed by atoms with Crippen molar-refractivity contribution in [3.63, 3.8) is 0 Å². The van der Waals surface area contributed by atoms with Gasteiger partial charge in [0.15, 0.2) is 0 Å². The molecule has 4 unspecified atom stereocenters. The standard InChI is InChI=1S/C27H46O/c1-6-18(2)7-8-19(3)22-11-12-24-21-9-10-23-20(17-28)13-15-27(23,5)25(21)14-16-26(22,24)4/h7-8,18-25,28H,6,9-17H2,1-5H3/b8-7+/t18-,19+,20+,21?,22?,23-,24?,25?,26+,27-/m0/s1. The Kier molecular flexibility index (Phi) is 5.80. The first-order chi connectivity index (χ1) is 13.3. The lowest BCUT2D eigenvalue weighted by atomic mass is 9.47. The van der Waals surface area contributed by atoms with Gasteiger partial charge in [0, 0.05) is 6.61 Å². The summed E-state index contributed by atoms with van der Waals surface area (Å²) in [6.45, 7) is 12.9. The Balaban J connectivity index is 1.52. The molecule has 0 aliphatic heterocycles. The Morgan fingerprint density at radius 1 is 0.857 bits per heavy atom. The quantitative estimate of drug-likeness (QED) is 0.499. The van der Waals surface area contributed by atoms with E-state index in [2.05, 4.69) is 46.8 Å². The van der Waals surface area contributed by atoms with Crippen molar-refractivity contribution in [1.82, 2.24) is 0 Å². The van der Waals surface area contributed by atoms with Gasteiger partial charge in [-0.2, -0.15) is 0 Å². The van der Waals surface area contributed by atoms with Crippen molar-refractivity contribution in [2.45, 2.75) is 92.4 Å². The molecule has 4 aliphatic rings. The number of aliphatic hydroxyl groups is 1. The van der Waals surface area contributed by atoms with Gasteiger partial charge in [-0.3, -0.25) is 0 Å². The summed E-state index contributed by atoms with van der Waals surface area (Å²) in [5.41, 5.74) is 1.09. The number of aliphatic hydroxyl groups excluding tert-OH is 1. The molecule has 0 aromatic heterocycles. The van der Waals surface area contributed by atoms with Crippen LogP contribution in [-0.2, 0) is 0 Å². The van der Waals surface area contributed by atoms with Gasteiger partial charge < -0.3 is 5.11 Å². The highest BCUT2D eigenvalue weighted by molar-refractivity contribution is 5.12. The van der Waals surface area contributed by atoms with Crippen molar-refractivity contribution in [2.75, 3.05) is 6.61 Å². The largest absolute Gasteiger partial charge is 0.396 e. The maximum absolute atomic E-state index is 9.90. The second-order valence-electron chi connectivity index (χ2n) is 11.9. The van der Waals surface area contributed by atoms with Crippen LogP contribution in [0, 0.1) is 58.2 Å². The zero-order chi connectivity index (χ0) is 20.1. The topological polar surface area (TPSA) is 20.2 Å². The Labute approximate surface area is 174 Å². The van der Waals surface area contributed by atoms with Crippen molar-refractivity contribution in [3.05, 3.63) is 12.2 Å². The molecule has 4 aliphatic carbocycles. The number of allylic oxidation sites excluding steroid dienone is 2. The van der Waals surface area contributed by atoms with E-state index in [1.165, 1.54) is 57.8 Å². The van der Waals surface area contributed by atoms with E-state index in [0.717, 1.165) is 41.4 Å². The van der Waals surface area contributed by atoms with E-state index < -0.39 is 0 Å². The zero-order valence-corrected chi connectivity index (χ0v) is 19.3. The fourth-order valence-electron chi connectivity index (χ4n) is 9.09. The maximum atomic E-state index is 9.90. The first-order valence-electron chi connectivity index (χ1n) is 12.6. The summed E-state index contributed by atoms with van der Waals surface area (Å²) in [6.07, 6.45) is 17.7. The van der Waals surface area contributed by atoms with E-state index >= 15 is 0 Å². The van der Waals surface area contributed by atoms with E-state index in [-0.39, 0.29) is 0 Å². The molecule has 0 saturated heterocycles. The summed E-state index contributed by atoms with van der Waals surface area (Å²) < 4.78 is 0. The van der Waals surface area contributed by atoms with Crippen molar-refractivity contribution >= 4 is 0 Å². The number of rotatable bonds is 5. The Morgan fingerprint density at radius 2 is 1.54 bits per heavy atom. The van der Waals surface area contributed by atoms with E-state index in [1.807, 2.05) is 0 Å². The van der Waals surface area contributed by atoms with Crippen LogP contribution in [0.15, 0.2) is 12.2 Å². The highest BCUT2D eigenvalue weighted by Crippen LogP contribution is 2.69. The molecular weight excluding hydrogens is 340 g/mol. The number of fused-ring (bicyclic) bond motifs is 5. The van der Waals surface area contributed by atoms with Crippen LogP contribution in [-0.4, -0.2) is 11.7 Å². The predicted molar refractivity (Wildman–Crippen MR) is 119 cm³/mol. The van der Waals surface area contributed by atoms with Crippen LogP contribution in [0.25, 0.3) is 0 Å². The van der Waals surface area contributed by atoms with Crippen LogP contribution in [0.4, 0.5) is 0 Å². The molecular formula is C27H46O. The van der Waals surface area contributed by atoms with Gasteiger partial charge in [0.05, 0.1) is 0 Å². The molecule has 0 aromatic carbocycles. The minimum atomic E-state index is 0.431. The van der Waals surface area contributed by atoms with E-state index in [4.69, 9.17) is 0 Å². The minimum Gasteiger partial charge on any atom is -0.396 e. The lowest BCUT2D eigenvalue weighted by Crippen LogP contribution is -2.51. The van der Waals surface area contributed by atoms with Crippen LogP contribution in [0.2, 0.25) is 0 Å². The third-order valence-corrected chi connectivity index (χ3v) is 10.9. The molecule has 1 N–H and O–H groups in total. The molecule has 0 bridgehead atoms. The predicted octanol–water partition coefficient (Wildman–Crippen LogP) is 7.10. The average molecular weight is 387 g/mol. The molecule has 0 aromatic rings. The molecule has 4 saturated carbocycles. The second kappa shape index (κ2) is 7.75. The van der Waals surface area contributed by atoms with Gasteiger partial charge in [-0.25, -0.2) is 0 Å². The normalized spacial score (nSPS) is 50.2. The minimum absolute atomic E-state index is 0.431. The molecule has 4 fully saturated rings. The molecule has 0 spiro atoms. The summed E-state index contributed by atoms with van der Waals surface area (Å²) in [6, 6.07) is 0. The molecule has 10 atom stereocenters. The second-order valence-corrected chi connectivity index (χ2v) is 11.9. The third-order valence-electron chi connectivity index (χ3n) is 10.9. The highest BCUT2D eigenvalue weighted by Gasteiger charge is 2.61. The summed E-state index contributed by atoms with van der Waals surface area (Å²) in [5.74, 6) is 6.61. The summed E-state index contributed by atoms with van der Waals surface area (Å²) in [5, 5.41) is 9.90. The van der Waals surface area contributed by atoms with E-state index in [0.29, 0.717) is 23.4 Å². The highest BCUT2D eigenvalue weighted by atomic mass is 16.3. The van der Waals surface area contributed by atoms with Crippen LogP contribution >= 0.6 is 0 Å². The van der Waals surface area contributed by atoms with Crippen molar-refractivity contribution in [2.24, 2.45) is 58.2 Å². The number of hydrogen-bond donors (Lipinski definition) is 1. The van der Waals surface area contributed by atoms with Gasteiger partial charge >= 0.3 is 0 Å². The SMILES string of the molecule is CC[C@H](C)/C=C/[C@@H](C)C1CCC2C3CC[C@H]4[C@@H](CO)CC[C@]4(C)C3CC[C@@]21C. The van der Waals surface area contributed by atoms with Crippen molar-refractivity contribution < 1.29 is 5.11 Å². The lowest BCUT2D eigenvalue weighted by Gasteiger charge is -2.58. The summed E-state index contributed by atoms with van der Waals surface area (Å²) in [7, 11) is 0. The molecule has 1 nitrogen and oxygen atoms in total. The molecule has 4 rings (SSSR count). The molecule has 160 valence electrons. The van der Waals surface area contributed by atoms with Gasteiger partial charge in [0.2, 0.25) is 0 Å². The van der Waals surface area contributed by atoms with E-state index in [9.17, 15) is 5.11 Å². The smallest absolute Gasteiger partial charge is 0.0462 e. The van der Waals surface area contributed by atoms with Crippen LogP contribution in [0.1, 0.15) is 92.4 Å². The fraction of sp³-hybridized carbons (Fsp3) is 0.926. The fourth-order valence-corrected chi connectivity index (χ4v) is 9.09. The Bertz CT molecular complexity index is 581. The van der Waals surface area contributed by atoms with E-state index in [1.54, 1.807) is 0 Å². The third kappa shape index (κ3) is 3.14. The maximum Gasteiger partial charge on any atom is 0.0462 e. The molecule has 1 heteroatoms. The Morgan fingerprint density at radius 3 is 2.25 bits per heavy atom. The Hall–Kier alpha value is -0.300. The summed E-state index contributed by atoms with van der Waals surface area (Å²) in [4.78, 5) is 0. The lowest BCUT2D eigenvalue weighted by molar-refractivity contribution is -0.0956. The molecule has 0 amide bonds. The monoisotopic (exact) mass is 386 g/mol. The first kappa shape index (κ1) is 21.0. The average Bonchev–Trinajstić information content (AvgIpc) is 3.22. The van der Waals surface area contributed by atoms with Crippen LogP contribution < -0.4 is 0 Å². The molecule has 28 heavy (non-hydrogen) atoms. The summed E-state index contributed by atoms with van der Waals surface area (Å²) >= 11 is 0.